The number of hydrogen-bond acceptors (Lipinski definition) is 14. The quantitative estimate of drug-likeness (QED) is 0.202. The number of nitrogens with two attached hydrogens (primary N) is 2. The fourth-order valence-electron chi connectivity index (χ4n) is 3.78. The molecular formula is C24H38FN6O9P. The van der Waals surface area contributed by atoms with Crippen molar-refractivity contribution in [2.45, 2.75) is 79.0 Å². The van der Waals surface area contributed by atoms with Gasteiger partial charge >= 0.3 is 19.5 Å². The number of hydrogen-bond donors (Lipinski definition) is 3. The van der Waals surface area contributed by atoms with Crippen molar-refractivity contribution in [3.05, 3.63) is 6.33 Å². The molecule has 4 atom stereocenters. The zero-order chi connectivity index (χ0) is 31.0. The smallest absolute Gasteiger partial charge is 0.336 e. The van der Waals surface area contributed by atoms with E-state index in [4.69, 9.17) is 34.7 Å². The second-order valence-electron chi connectivity index (χ2n) is 11.9. The largest absolute Gasteiger partial charge is 0.438 e. The highest BCUT2D eigenvalue weighted by atomic mass is 31.2. The Morgan fingerprint density at radius 3 is 2.15 bits per heavy atom. The van der Waals surface area contributed by atoms with Crippen LogP contribution in [0.5, 0.6) is 0 Å². The fourth-order valence-corrected chi connectivity index (χ4v) is 5.11. The monoisotopic (exact) mass is 604 g/mol. The van der Waals surface area contributed by atoms with E-state index in [9.17, 15) is 19.3 Å². The maximum atomic E-state index is 15.9. The molecule has 0 spiro atoms. The van der Waals surface area contributed by atoms with Crippen LogP contribution in [-0.2, 0) is 37.4 Å². The summed E-state index contributed by atoms with van der Waals surface area (Å²) in [4.78, 5) is 36.2. The van der Waals surface area contributed by atoms with Crippen molar-refractivity contribution >= 4 is 42.5 Å². The molecule has 3 rings (SSSR count). The van der Waals surface area contributed by atoms with Crippen LogP contribution in [0.3, 0.4) is 0 Å². The molecule has 1 saturated heterocycles. The lowest BCUT2D eigenvalue weighted by molar-refractivity contribution is -0.162. The van der Waals surface area contributed by atoms with Gasteiger partial charge in [-0.2, -0.15) is 9.97 Å². The number of aliphatic hydroxyl groups is 1. The summed E-state index contributed by atoms with van der Waals surface area (Å²) < 4.78 is 57.1. The number of rotatable bonds is 10. The van der Waals surface area contributed by atoms with Crippen LogP contribution in [0.25, 0.3) is 11.2 Å². The highest BCUT2D eigenvalue weighted by molar-refractivity contribution is 7.53. The number of carbonyl (C=O) groups is 2. The number of anilines is 2. The standard InChI is InChI=1S/C24H38FN6O9P/c1-22(2,3)19(33)36-11-38-41(35,39-12-37-20(34)23(4,5)6)9-8-13-15(32)24(7,25)18(40-13)31-10-28-14-16(26)29-21(27)30-17(14)31/h10,13,15,18,32H,8-9,11-12H2,1-7H3,(H4,26,27,29,30)/t13-,15-,18-,24-/m1/s1. The van der Waals surface area contributed by atoms with Gasteiger partial charge in [0.15, 0.2) is 23.4 Å². The molecule has 0 amide bonds. The van der Waals surface area contributed by atoms with Crippen LogP contribution in [0.15, 0.2) is 6.33 Å². The number of nitrogen functional groups attached to an aromatic ring is 2. The van der Waals surface area contributed by atoms with Crippen molar-refractivity contribution in [3.8, 4) is 0 Å². The summed E-state index contributed by atoms with van der Waals surface area (Å²) >= 11 is 0. The van der Waals surface area contributed by atoms with Gasteiger partial charge in [-0.3, -0.25) is 27.8 Å². The van der Waals surface area contributed by atoms with Crippen LogP contribution < -0.4 is 11.5 Å². The molecular weight excluding hydrogens is 566 g/mol. The van der Waals surface area contributed by atoms with Crippen molar-refractivity contribution in [2.24, 2.45) is 10.8 Å². The predicted octanol–water partition coefficient (Wildman–Crippen LogP) is 2.69. The number of esters is 2. The zero-order valence-electron chi connectivity index (χ0n) is 24.1. The topological polar surface area (TPSA) is 213 Å². The Balaban J connectivity index is 1.75. The molecule has 1 aliphatic rings. The molecule has 0 unspecified atom stereocenters. The molecule has 41 heavy (non-hydrogen) atoms. The van der Waals surface area contributed by atoms with Gasteiger partial charge in [0.25, 0.3) is 0 Å². The molecule has 3 heterocycles. The Morgan fingerprint density at radius 1 is 1.10 bits per heavy atom. The Morgan fingerprint density at radius 2 is 1.63 bits per heavy atom. The third kappa shape index (κ3) is 7.49. The van der Waals surface area contributed by atoms with Gasteiger partial charge in [-0.1, -0.05) is 0 Å². The molecule has 2 aromatic rings. The van der Waals surface area contributed by atoms with Gasteiger partial charge in [-0.15, -0.1) is 0 Å². The second kappa shape index (κ2) is 11.8. The van der Waals surface area contributed by atoms with Gasteiger partial charge in [0.05, 0.1) is 29.4 Å². The first-order valence-electron chi connectivity index (χ1n) is 12.8. The van der Waals surface area contributed by atoms with Crippen LogP contribution in [0, 0.1) is 10.8 Å². The molecule has 0 aliphatic carbocycles. The lowest BCUT2D eigenvalue weighted by atomic mass is 9.97. The Bertz CT molecular complexity index is 1290. The minimum absolute atomic E-state index is 0.0172. The van der Waals surface area contributed by atoms with Crippen molar-refractivity contribution in [2.75, 3.05) is 31.2 Å². The lowest BCUT2D eigenvalue weighted by Gasteiger charge is -2.25. The van der Waals surface area contributed by atoms with Crippen LogP contribution in [0.4, 0.5) is 16.2 Å². The number of carbonyl (C=O) groups excluding carboxylic acids is 2. The number of aromatic nitrogens is 4. The van der Waals surface area contributed by atoms with Gasteiger partial charge in [-0.25, -0.2) is 9.37 Å². The summed E-state index contributed by atoms with van der Waals surface area (Å²) in [5.74, 6) is -1.42. The second-order valence-corrected chi connectivity index (χ2v) is 14.1. The van der Waals surface area contributed by atoms with Crippen LogP contribution >= 0.6 is 7.60 Å². The molecule has 0 saturated carbocycles. The number of halogens is 1. The summed E-state index contributed by atoms with van der Waals surface area (Å²) in [7, 11) is -4.13. The van der Waals surface area contributed by atoms with Crippen LogP contribution in [-0.4, -0.2) is 74.2 Å². The maximum Gasteiger partial charge on any atom is 0.336 e. The Hall–Kier alpha value is -2.91. The normalized spacial score (nSPS) is 23.6. The maximum absolute atomic E-state index is 15.9. The molecule has 15 nitrogen and oxygen atoms in total. The fraction of sp³-hybridized carbons (Fsp3) is 0.708. The average Bonchev–Trinajstić information content (AvgIpc) is 3.34. The summed E-state index contributed by atoms with van der Waals surface area (Å²) in [5.41, 5.74) is 7.72. The van der Waals surface area contributed by atoms with Crippen molar-refractivity contribution < 1.29 is 46.9 Å². The van der Waals surface area contributed by atoms with E-state index in [1.54, 1.807) is 41.5 Å². The van der Waals surface area contributed by atoms with Crippen LogP contribution in [0.1, 0.15) is 61.1 Å². The van der Waals surface area contributed by atoms with E-state index in [-0.39, 0.29) is 29.4 Å². The summed E-state index contributed by atoms with van der Waals surface area (Å²) in [6.45, 7) is 9.43. The van der Waals surface area contributed by atoms with Gasteiger partial charge in [0.1, 0.15) is 11.6 Å². The van der Waals surface area contributed by atoms with Crippen molar-refractivity contribution in [1.82, 2.24) is 19.5 Å². The third-order valence-electron chi connectivity index (χ3n) is 6.23. The van der Waals surface area contributed by atoms with Crippen molar-refractivity contribution in [3.63, 3.8) is 0 Å². The van der Waals surface area contributed by atoms with Gasteiger partial charge < -0.3 is 30.8 Å². The molecule has 0 bridgehead atoms. The first-order valence-corrected chi connectivity index (χ1v) is 14.5. The minimum Gasteiger partial charge on any atom is -0.438 e. The molecule has 5 N–H and O–H groups in total. The molecule has 0 aromatic carbocycles. The van der Waals surface area contributed by atoms with Gasteiger partial charge in [0.2, 0.25) is 19.5 Å². The Kier molecular flexibility index (Phi) is 9.35. The SMILES string of the molecule is CC(C)(C)C(=O)OCOP(=O)(CC[C@H]1O[C@@H](n2cnc3c(N)nc(N)nc32)[C@](C)(F)[C@@H]1O)OCOC(=O)C(C)(C)C. The van der Waals surface area contributed by atoms with E-state index in [1.807, 2.05) is 0 Å². The van der Waals surface area contributed by atoms with E-state index in [1.165, 1.54) is 10.9 Å². The van der Waals surface area contributed by atoms with E-state index in [0.29, 0.717) is 0 Å². The van der Waals surface area contributed by atoms with Gasteiger partial charge in [-0.05, 0) is 54.9 Å². The predicted molar refractivity (Wildman–Crippen MR) is 144 cm³/mol. The number of alkyl halides is 1. The van der Waals surface area contributed by atoms with Gasteiger partial charge in [0, 0.05) is 0 Å². The number of ether oxygens (including phenoxy) is 3. The number of imidazole rings is 1. The molecule has 0 radical (unpaired) electrons. The van der Waals surface area contributed by atoms with Crippen molar-refractivity contribution in [1.29, 1.82) is 0 Å². The minimum atomic E-state index is -4.13. The average molecular weight is 605 g/mol. The third-order valence-corrected chi connectivity index (χ3v) is 8.03. The lowest BCUT2D eigenvalue weighted by Crippen LogP contribution is -2.39. The molecule has 230 valence electrons. The van der Waals surface area contributed by atoms with E-state index in [0.717, 1.165) is 6.92 Å². The Labute approximate surface area is 236 Å². The van der Waals surface area contributed by atoms with E-state index < -0.39 is 74.2 Å². The molecule has 1 fully saturated rings. The highest BCUT2D eigenvalue weighted by Gasteiger charge is 2.55. The van der Waals surface area contributed by atoms with E-state index >= 15 is 4.39 Å². The summed E-state index contributed by atoms with van der Waals surface area (Å²) in [6.07, 6.45) is -3.70. The summed E-state index contributed by atoms with van der Waals surface area (Å²) in [5, 5.41) is 10.8. The summed E-state index contributed by atoms with van der Waals surface area (Å²) in [6, 6.07) is 0. The molecule has 1 aliphatic heterocycles. The first kappa shape index (κ1) is 32.6. The van der Waals surface area contributed by atoms with E-state index in [2.05, 4.69) is 15.0 Å². The highest BCUT2D eigenvalue weighted by Crippen LogP contribution is 2.51. The zero-order valence-corrected chi connectivity index (χ0v) is 25.0. The number of nitrogens with zero attached hydrogens (tertiary/aromatic N) is 4. The number of fused-ring (bicyclic) bond motifs is 1. The molecule has 17 heteroatoms. The number of aliphatic hydroxyl groups excluding tert-OH is 1. The first-order chi connectivity index (χ1) is 18.8. The molecule has 2 aromatic heterocycles. The van der Waals surface area contributed by atoms with Crippen LogP contribution in [0.2, 0.25) is 0 Å².